The van der Waals surface area contributed by atoms with Crippen LogP contribution in [0.25, 0.3) is 11.1 Å². The van der Waals surface area contributed by atoms with E-state index in [9.17, 15) is 24.9 Å². The summed E-state index contributed by atoms with van der Waals surface area (Å²) in [6, 6.07) is 10.1. The molecule has 49 heavy (non-hydrogen) atoms. The van der Waals surface area contributed by atoms with Crippen LogP contribution in [0.2, 0.25) is 0 Å². The Kier molecular flexibility index (Phi) is 12.6. The van der Waals surface area contributed by atoms with E-state index >= 15 is 0 Å². The van der Waals surface area contributed by atoms with Crippen LogP contribution in [0, 0.1) is 17.8 Å². The maximum Gasteiger partial charge on any atom is 0.335 e. The Balaban J connectivity index is 1.51. The van der Waals surface area contributed by atoms with Crippen LogP contribution < -0.4 is 15.0 Å². The third-order valence-corrected chi connectivity index (χ3v) is 10.3. The van der Waals surface area contributed by atoms with E-state index < -0.39 is 30.1 Å². The molecule has 2 saturated heterocycles. The van der Waals surface area contributed by atoms with Crippen molar-refractivity contribution < 1.29 is 39.2 Å². The fraction of sp³-hybridized carbons (Fsp3) is 0.622. The molecule has 4 N–H and O–H groups in total. The highest BCUT2D eigenvalue weighted by molar-refractivity contribution is 5.92. The number of amides is 1. The van der Waals surface area contributed by atoms with Crippen LogP contribution in [0.15, 0.2) is 36.4 Å². The first-order valence-corrected chi connectivity index (χ1v) is 17.6. The van der Waals surface area contributed by atoms with Crippen molar-refractivity contribution >= 4 is 17.6 Å². The number of benzene rings is 2. The predicted molar refractivity (Wildman–Crippen MR) is 186 cm³/mol. The Morgan fingerprint density at radius 3 is 2.55 bits per heavy atom. The summed E-state index contributed by atoms with van der Waals surface area (Å²) in [5, 5.41) is 36.0. The zero-order chi connectivity index (χ0) is 35.2. The third kappa shape index (κ3) is 8.92. The number of carboxylic acid groups (broad SMARTS) is 1. The standard InChI is InChI=1S/C37H54N4O8/c1-23-9-10-24(2)31(17-23)38-36(44)34-33(25(3)43)32(22-42)49-41(34)21-26-7-6-8-30(35(26)48-16-13-40-11-14-47-15-12-40)27-18-28(37(45)46)20-29(19-27)39(4)5/h6-8,18-20,23-25,31-34,42-43H,9-17,21-22H2,1-5H3,(H,38,44)(H,45,46)/t23-,24?,25?,31+,32?,33-,34+/m1/s1. The minimum absolute atomic E-state index is 0.00994. The molecule has 2 aromatic carbocycles. The molecule has 1 aliphatic carbocycles. The molecule has 270 valence electrons. The minimum atomic E-state index is -1.03. The van der Waals surface area contributed by atoms with Crippen molar-refractivity contribution in [2.75, 3.05) is 65.1 Å². The molecule has 1 saturated carbocycles. The van der Waals surface area contributed by atoms with Crippen LogP contribution in [-0.2, 0) is 20.9 Å². The van der Waals surface area contributed by atoms with E-state index in [1.54, 1.807) is 24.1 Å². The van der Waals surface area contributed by atoms with E-state index in [2.05, 4.69) is 24.1 Å². The summed E-state index contributed by atoms with van der Waals surface area (Å²) in [6.07, 6.45) is 1.36. The Labute approximate surface area is 289 Å². The first-order chi connectivity index (χ1) is 23.5. The summed E-state index contributed by atoms with van der Waals surface area (Å²) >= 11 is 0. The van der Waals surface area contributed by atoms with Gasteiger partial charge >= 0.3 is 5.97 Å². The van der Waals surface area contributed by atoms with Gasteiger partial charge < -0.3 is 35.0 Å². The smallest absolute Gasteiger partial charge is 0.335 e. The molecule has 5 rings (SSSR count). The number of para-hydroxylation sites is 1. The Morgan fingerprint density at radius 2 is 1.88 bits per heavy atom. The Morgan fingerprint density at radius 1 is 1.12 bits per heavy atom. The van der Waals surface area contributed by atoms with Gasteiger partial charge in [0.2, 0.25) is 5.91 Å². The second-order valence-corrected chi connectivity index (χ2v) is 14.2. The highest BCUT2D eigenvalue weighted by Crippen LogP contribution is 2.39. The number of hydrogen-bond acceptors (Lipinski definition) is 10. The molecular weight excluding hydrogens is 628 g/mol. The SMILES string of the molecule is CC(O)[C@@H]1C(CO)ON(Cc2cccc(-c3cc(C(=O)O)cc(N(C)C)c3)c2OCCN2CCOCC2)[C@@H]1C(=O)N[C@H]1C[C@H](C)CCC1C. The largest absolute Gasteiger partial charge is 0.491 e. The highest BCUT2D eigenvalue weighted by Gasteiger charge is 2.50. The van der Waals surface area contributed by atoms with Gasteiger partial charge in [-0.15, -0.1) is 0 Å². The number of carbonyl (C=O) groups excluding carboxylic acids is 1. The Hall–Kier alpha value is -3.26. The molecule has 0 spiro atoms. The maximum absolute atomic E-state index is 14.1. The number of hydrogen-bond donors (Lipinski definition) is 4. The number of anilines is 1. The number of hydroxylamine groups is 2. The van der Waals surface area contributed by atoms with E-state index in [0.29, 0.717) is 55.1 Å². The molecule has 12 heteroatoms. The monoisotopic (exact) mass is 682 g/mol. The number of aliphatic hydroxyl groups is 2. The highest BCUT2D eigenvalue weighted by atomic mass is 16.7. The number of nitrogens with one attached hydrogen (secondary N) is 1. The number of nitrogens with zero attached hydrogens (tertiary/aromatic N) is 3. The minimum Gasteiger partial charge on any atom is -0.491 e. The third-order valence-electron chi connectivity index (χ3n) is 10.3. The van der Waals surface area contributed by atoms with Crippen LogP contribution in [0.1, 0.15) is 56.0 Å². The van der Waals surface area contributed by atoms with E-state index in [0.717, 1.165) is 43.6 Å². The predicted octanol–water partition coefficient (Wildman–Crippen LogP) is 3.24. The van der Waals surface area contributed by atoms with Crippen molar-refractivity contribution in [2.45, 2.75) is 70.9 Å². The molecule has 0 radical (unpaired) electrons. The molecule has 2 heterocycles. The lowest BCUT2D eigenvalue weighted by Gasteiger charge is -2.35. The lowest BCUT2D eigenvalue weighted by molar-refractivity contribution is -0.182. The number of carbonyl (C=O) groups is 2. The van der Waals surface area contributed by atoms with Gasteiger partial charge in [0.15, 0.2) is 0 Å². The fourth-order valence-electron chi connectivity index (χ4n) is 7.40. The number of rotatable bonds is 13. The molecule has 3 aliphatic rings. The number of carboxylic acids is 1. The van der Waals surface area contributed by atoms with Crippen molar-refractivity contribution in [3.8, 4) is 16.9 Å². The van der Waals surface area contributed by atoms with Crippen molar-refractivity contribution in [1.82, 2.24) is 15.3 Å². The van der Waals surface area contributed by atoms with Crippen molar-refractivity contribution in [2.24, 2.45) is 17.8 Å². The van der Waals surface area contributed by atoms with Crippen LogP contribution >= 0.6 is 0 Å². The second-order valence-electron chi connectivity index (χ2n) is 14.2. The molecule has 3 unspecified atom stereocenters. The average Bonchev–Trinajstić information content (AvgIpc) is 3.46. The van der Waals surface area contributed by atoms with Crippen molar-refractivity contribution in [1.29, 1.82) is 0 Å². The van der Waals surface area contributed by atoms with Crippen molar-refractivity contribution in [3.63, 3.8) is 0 Å². The topological polar surface area (TPSA) is 144 Å². The number of morpholine rings is 1. The van der Waals surface area contributed by atoms with Gasteiger partial charge in [-0.25, -0.2) is 4.79 Å². The van der Waals surface area contributed by atoms with Gasteiger partial charge in [0.25, 0.3) is 0 Å². The molecule has 3 fully saturated rings. The Bertz CT molecular complexity index is 1430. The molecular formula is C37H54N4O8. The van der Waals surface area contributed by atoms with Crippen LogP contribution in [0.3, 0.4) is 0 Å². The summed E-state index contributed by atoms with van der Waals surface area (Å²) in [5.74, 6) is -0.541. The molecule has 12 nitrogen and oxygen atoms in total. The zero-order valence-corrected chi connectivity index (χ0v) is 29.5. The molecule has 2 aliphatic heterocycles. The first kappa shape index (κ1) is 37.0. The van der Waals surface area contributed by atoms with E-state index in [4.69, 9.17) is 14.3 Å². The first-order valence-electron chi connectivity index (χ1n) is 17.6. The van der Waals surface area contributed by atoms with Gasteiger partial charge in [-0.1, -0.05) is 38.5 Å². The van der Waals surface area contributed by atoms with Crippen LogP contribution in [0.5, 0.6) is 5.75 Å². The van der Waals surface area contributed by atoms with E-state index in [1.807, 2.05) is 43.3 Å². The van der Waals surface area contributed by atoms with Gasteiger partial charge in [-0.2, -0.15) is 5.06 Å². The summed E-state index contributed by atoms with van der Waals surface area (Å²) in [5.41, 5.74) is 3.01. The molecule has 7 atom stereocenters. The van der Waals surface area contributed by atoms with Crippen molar-refractivity contribution in [3.05, 3.63) is 47.5 Å². The quantitative estimate of drug-likeness (QED) is 0.247. The van der Waals surface area contributed by atoms with Gasteiger partial charge in [0.05, 0.1) is 38.0 Å². The number of aliphatic hydroxyl groups excluding tert-OH is 2. The number of aromatic carboxylic acids is 1. The molecule has 2 aromatic rings. The van der Waals surface area contributed by atoms with Crippen LogP contribution in [0.4, 0.5) is 5.69 Å². The molecule has 0 aromatic heterocycles. The number of ether oxygens (including phenoxy) is 2. The maximum atomic E-state index is 14.1. The van der Waals surface area contributed by atoms with Gasteiger partial charge in [0.1, 0.15) is 24.5 Å². The second kappa shape index (κ2) is 16.6. The summed E-state index contributed by atoms with van der Waals surface area (Å²) < 4.78 is 12.1. The molecule has 0 bridgehead atoms. The fourth-order valence-corrected chi connectivity index (χ4v) is 7.40. The lowest BCUT2D eigenvalue weighted by Crippen LogP contribution is -2.53. The summed E-state index contributed by atoms with van der Waals surface area (Å²) in [7, 11) is 3.73. The normalized spacial score (nSPS) is 27.1. The van der Waals surface area contributed by atoms with Crippen LogP contribution in [-0.4, -0.2) is 122 Å². The summed E-state index contributed by atoms with van der Waals surface area (Å²) in [6.45, 7) is 9.78. The zero-order valence-electron chi connectivity index (χ0n) is 29.5. The average molecular weight is 683 g/mol. The van der Waals surface area contributed by atoms with Gasteiger partial charge in [0, 0.05) is 62.5 Å². The molecule has 1 amide bonds. The van der Waals surface area contributed by atoms with E-state index in [-0.39, 0.29) is 30.7 Å². The van der Waals surface area contributed by atoms with E-state index in [1.165, 1.54) is 0 Å². The van der Waals surface area contributed by atoms with Gasteiger partial charge in [-0.05, 0) is 55.4 Å². The lowest BCUT2D eigenvalue weighted by atomic mass is 9.79. The van der Waals surface area contributed by atoms with Gasteiger partial charge in [-0.3, -0.25) is 14.5 Å². The summed E-state index contributed by atoms with van der Waals surface area (Å²) in [4.78, 5) is 36.7.